The highest BCUT2D eigenvalue weighted by molar-refractivity contribution is 6.74. The number of hydrogen-bond acceptors (Lipinski definition) is 8. The Morgan fingerprint density at radius 3 is 2.17 bits per heavy atom. The minimum absolute atomic E-state index is 0.0946. The van der Waals surface area contributed by atoms with Crippen molar-refractivity contribution in [2.75, 3.05) is 27.3 Å². The quantitative estimate of drug-likeness (QED) is 0.145. The van der Waals surface area contributed by atoms with Gasteiger partial charge in [-0.25, -0.2) is 9.59 Å². The Morgan fingerprint density at radius 1 is 0.812 bits per heavy atom. The lowest BCUT2D eigenvalue weighted by molar-refractivity contribution is -0.0412. The van der Waals surface area contributed by atoms with Gasteiger partial charge in [0.15, 0.2) is 5.72 Å². The summed E-state index contributed by atoms with van der Waals surface area (Å²) in [5.41, 5.74) is -1.60. The van der Waals surface area contributed by atoms with Crippen molar-refractivity contribution in [3.63, 3.8) is 0 Å². The number of rotatable bonds is 8. The standard InChI is InChI=1S/C37H50N2O8Si/c1-35(2,3)46-34(42)39-20-13-18-37(19-21-39,38-32(40)28-14-11-12-15-30(28)47-48(9,10)36(4,5)6)45-33(41)29-23-26-22-27(43-7)17-16-25(26)24-31(29)44-8/h11-12,14-17,22-24H,13,18-21H2,1-10H3,(H,38,40). The molecule has 3 aromatic carbocycles. The average Bonchev–Trinajstić information content (AvgIpc) is 3.21. The first-order chi connectivity index (χ1) is 22.4. The third-order valence-corrected chi connectivity index (χ3v) is 13.3. The number of amides is 2. The maximum Gasteiger partial charge on any atom is 0.410 e. The molecular formula is C37H50N2O8Si. The summed E-state index contributed by atoms with van der Waals surface area (Å²) in [5.74, 6) is 0.320. The highest BCUT2D eigenvalue weighted by Gasteiger charge is 2.42. The van der Waals surface area contributed by atoms with E-state index in [1.807, 2.05) is 45.0 Å². The molecule has 1 N–H and O–H groups in total. The number of carbonyl (C=O) groups excluding carboxylic acids is 3. The lowest BCUT2D eigenvalue weighted by Crippen LogP contribution is -2.52. The van der Waals surface area contributed by atoms with Gasteiger partial charge in [0.05, 0.1) is 19.8 Å². The number of fused-ring (bicyclic) bond motifs is 1. The fourth-order valence-corrected chi connectivity index (χ4v) is 6.29. The smallest absolute Gasteiger partial charge is 0.410 e. The molecule has 0 bridgehead atoms. The molecule has 4 rings (SSSR count). The Morgan fingerprint density at radius 2 is 1.52 bits per heavy atom. The van der Waals surface area contributed by atoms with E-state index >= 15 is 0 Å². The largest absolute Gasteiger partial charge is 0.543 e. The predicted octanol–water partition coefficient (Wildman–Crippen LogP) is 7.95. The molecule has 2 amide bonds. The van der Waals surface area contributed by atoms with Crippen LogP contribution >= 0.6 is 0 Å². The van der Waals surface area contributed by atoms with Crippen molar-refractivity contribution >= 4 is 37.1 Å². The fraction of sp³-hybridized carbons (Fsp3) is 0.486. The molecule has 0 aliphatic carbocycles. The molecule has 11 heteroatoms. The zero-order valence-corrected chi connectivity index (χ0v) is 30.9. The highest BCUT2D eigenvalue weighted by Crippen LogP contribution is 2.39. The van der Waals surface area contributed by atoms with Crippen molar-refractivity contribution in [2.24, 2.45) is 0 Å². The molecule has 1 unspecified atom stereocenters. The molecule has 1 fully saturated rings. The molecule has 260 valence electrons. The van der Waals surface area contributed by atoms with Crippen LogP contribution in [0.5, 0.6) is 17.2 Å². The summed E-state index contributed by atoms with van der Waals surface area (Å²) in [6.07, 6.45) is 0.382. The van der Waals surface area contributed by atoms with E-state index in [2.05, 4.69) is 39.2 Å². The second kappa shape index (κ2) is 14.1. The van der Waals surface area contributed by atoms with Crippen LogP contribution < -0.4 is 19.2 Å². The van der Waals surface area contributed by atoms with Crippen LogP contribution in [-0.2, 0) is 9.47 Å². The molecule has 0 saturated carbocycles. The van der Waals surface area contributed by atoms with Gasteiger partial charge in [-0.2, -0.15) is 0 Å². The number of nitrogens with zero attached hydrogens (tertiary/aromatic N) is 1. The van der Waals surface area contributed by atoms with Gasteiger partial charge in [0, 0.05) is 25.9 Å². The van der Waals surface area contributed by atoms with Crippen LogP contribution in [0.1, 0.15) is 81.5 Å². The first-order valence-electron chi connectivity index (χ1n) is 16.3. The number of likely N-dealkylation sites (tertiary alicyclic amines) is 1. The molecule has 0 spiro atoms. The summed E-state index contributed by atoms with van der Waals surface area (Å²) in [6, 6.07) is 16.1. The first kappa shape index (κ1) is 36.6. The number of hydrogen-bond donors (Lipinski definition) is 1. The van der Waals surface area contributed by atoms with E-state index in [9.17, 15) is 14.4 Å². The van der Waals surface area contributed by atoms with E-state index in [1.54, 1.807) is 42.3 Å². The fourth-order valence-electron chi connectivity index (χ4n) is 5.26. The van der Waals surface area contributed by atoms with Gasteiger partial charge in [-0.15, -0.1) is 0 Å². The maximum atomic E-state index is 14.2. The van der Waals surface area contributed by atoms with Gasteiger partial charge in [-0.3, -0.25) is 4.79 Å². The average molecular weight is 679 g/mol. The van der Waals surface area contributed by atoms with Gasteiger partial charge < -0.3 is 33.6 Å². The lowest BCUT2D eigenvalue weighted by Gasteiger charge is -2.37. The van der Waals surface area contributed by atoms with Crippen molar-refractivity contribution in [2.45, 2.75) is 90.3 Å². The second-order valence-electron chi connectivity index (χ2n) is 14.8. The van der Waals surface area contributed by atoms with E-state index in [0.29, 0.717) is 35.8 Å². The third kappa shape index (κ3) is 8.61. The van der Waals surface area contributed by atoms with Crippen molar-refractivity contribution in [3.8, 4) is 17.2 Å². The maximum absolute atomic E-state index is 14.2. The number of esters is 1. The number of nitrogens with one attached hydrogen (secondary N) is 1. The van der Waals surface area contributed by atoms with Crippen molar-refractivity contribution < 1.29 is 37.8 Å². The SMILES string of the molecule is COc1ccc2cc(OC)c(C(=O)OC3(NC(=O)c4ccccc4O[Si](C)(C)C(C)(C)C)CCCN(C(=O)OC(C)(C)C)CC3)cc2c1. The minimum Gasteiger partial charge on any atom is -0.543 e. The topological polar surface area (TPSA) is 113 Å². The van der Waals surface area contributed by atoms with Crippen LogP contribution in [-0.4, -0.2) is 69.8 Å². The van der Waals surface area contributed by atoms with E-state index in [4.69, 9.17) is 23.4 Å². The number of methoxy groups -OCH3 is 2. The molecule has 3 aromatic rings. The Bertz CT molecular complexity index is 1660. The summed E-state index contributed by atoms with van der Waals surface area (Å²) >= 11 is 0. The summed E-state index contributed by atoms with van der Waals surface area (Å²) < 4.78 is 29.5. The Balaban J connectivity index is 1.71. The molecule has 1 heterocycles. The van der Waals surface area contributed by atoms with Crippen molar-refractivity contribution in [1.82, 2.24) is 10.2 Å². The van der Waals surface area contributed by atoms with Crippen LogP contribution in [0.4, 0.5) is 4.79 Å². The van der Waals surface area contributed by atoms with Gasteiger partial charge >= 0.3 is 12.1 Å². The van der Waals surface area contributed by atoms with E-state index < -0.39 is 37.6 Å². The summed E-state index contributed by atoms with van der Waals surface area (Å²) in [6.45, 7) is 16.6. The molecule has 0 aromatic heterocycles. The Hall–Kier alpha value is -4.25. The summed E-state index contributed by atoms with van der Waals surface area (Å²) in [7, 11) is 0.766. The highest BCUT2D eigenvalue weighted by atomic mass is 28.4. The number of para-hydroxylation sites is 1. The van der Waals surface area contributed by atoms with Gasteiger partial charge in [0.1, 0.15) is 28.4 Å². The number of ether oxygens (including phenoxy) is 4. The molecule has 10 nitrogen and oxygen atoms in total. The summed E-state index contributed by atoms with van der Waals surface area (Å²) in [4.78, 5) is 42.9. The first-order valence-corrected chi connectivity index (χ1v) is 19.3. The molecule has 1 aliphatic heterocycles. The Labute approximate surface area is 285 Å². The van der Waals surface area contributed by atoms with E-state index in [1.165, 1.54) is 7.11 Å². The normalized spacial score (nSPS) is 17.2. The zero-order chi connectivity index (χ0) is 35.5. The molecular weight excluding hydrogens is 628 g/mol. The van der Waals surface area contributed by atoms with E-state index in [-0.39, 0.29) is 30.0 Å². The van der Waals surface area contributed by atoms with Crippen LogP contribution in [0, 0.1) is 0 Å². The predicted molar refractivity (Wildman–Crippen MR) is 189 cm³/mol. The van der Waals surface area contributed by atoms with Crippen molar-refractivity contribution in [1.29, 1.82) is 0 Å². The Kier molecular flexibility index (Phi) is 10.7. The third-order valence-electron chi connectivity index (χ3n) is 8.96. The van der Waals surface area contributed by atoms with E-state index in [0.717, 1.165) is 10.8 Å². The minimum atomic E-state index is -2.30. The van der Waals surface area contributed by atoms with Gasteiger partial charge in [0.2, 0.25) is 0 Å². The second-order valence-corrected chi connectivity index (χ2v) is 19.5. The van der Waals surface area contributed by atoms with Crippen LogP contribution in [0.2, 0.25) is 18.1 Å². The van der Waals surface area contributed by atoms with Gasteiger partial charge in [-0.05, 0) is 92.5 Å². The molecule has 1 atom stereocenters. The van der Waals surface area contributed by atoms with Crippen LogP contribution in [0.25, 0.3) is 10.8 Å². The molecule has 48 heavy (non-hydrogen) atoms. The molecule has 1 saturated heterocycles. The molecule has 0 radical (unpaired) electrons. The lowest BCUT2D eigenvalue weighted by atomic mass is 10.0. The van der Waals surface area contributed by atoms with Crippen LogP contribution in [0.15, 0.2) is 54.6 Å². The number of carbonyl (C=O) groups is 3. The monoisotopic (exact) mass is 678 g/mol. The van der Waals surface area contributed by atoms with Crippen LogP contribution in [0.3, 0.4) is 0 Å². The van der Waals surface area contributed by atoms with Gasteiger partial charge in [-0.1, -0.05) is 39.0 Å². The van der Waals surface area contributed by atoms with Crippen molar-refractivity contribution in [3.05, 3.63) is 65.7 Å². The van der Waals surface area contributed by atoms with Gasteiger partial charge in [0.25, 0.3) is 14.2 Å². The number of benzene rings is 3. The summed E-state index contributed by atoms with van der Waals surface area (Å²) in [5, 5.41) is 4.59. The zero-order valence-electron chi connectivity index (χ0n) is 29.9. The molecule has 1 aliphatic rings.